The highest BCUT2D eigenvalue weighted by molar-refractivity contribution is 5.87. The third-order valence-corrected chi connectivity index (χ3v) is 5.96. The van der Waals surface area contributed by atoms with E-state index in [1.807, 2.05) is 30.5 Å². The summed E-state index contributed by atoms with van der Waals surface area (Å²) in [5.41, 5.74) is 1.77. The molecule has 6 heteroatoms. The van der Waals surface area contributed by atoms with Gasteiger partial charge in [-0.05, 0) is 24.5 Å². The zero-order chi connectivity index (χ0) is 18.3. The number of aromatic nitrogens is 3. The molecule has 0 amide bonds. The van der Waals surface area contributed by atoms with Crippen LogP contribution in [0.2, 0.25) is 0 Å². The second-order valence-corrected chi connectivity index (χ2v) is 7.72. The number of H-pyrrole nitrogens is 1. The Morgan fingerprint density at radius 3 is 2.74 bits per heavy atom. The summed E-state index contributed by atoms with van der Waals surface area (Å²) in [4.78, 5) is 14.3. The van der Waals surface area contributed by atoms with Gasteiger partial charge in [-0.1, -0.05) is 30.3 Å². The van der Waals surface area contributed by atoms with Crippen molar-refractivity contribution in [2.45, 2.75) is 43.5 Å². The fourth-order valence-electron chi connectivity index (χ4n) is 4.59. The number of piperidine rings is 1. The maximum atomic E-state index is 10.5. The highest BCUT2D eigenvalue weighted by Crippen LogP contribution is 2.43. The molecule has 6 nitrogen and oxygen atoms in total. The molecule has 2 aromatic heterocycles. The van der Waals surface area contributed by atoms with E-state index in [2.05, 4.69) is 32.0 Å². The molecule has 2 saturated heterocycles. The fourth-order valence-corrected chi connectivity index (χ4v) is 4.59. The van der Waals surface area contributed by atoms with Crippen LogP contribution >= 0.6 is 0 Å². The van der Waals surface area contributed by atoms with Gasteiger partial charge in [-0.2, -0.15) is 0 Å². The van der Waals surface area contributed by atoms with E-state index < -0.39 is 0 Å². The van der Waals surface area contributed by atoms with Gasteiger partial charge in [-0.15, -0.1) is 0 Å². The molecule has 0 unspecified atom stereocenters. The molecule has 0 aliphatic carbocycles. The molecule has 140 valence electrons. The Labute approximate surface area is 158 Å². The quantitative estimate of drug-likeness (QED) is 0.730. The number of hydrogen-bond donors (Lipinski definition) is 2. The van der Waals surface area contributed by atoms with E-state index in [1.54, 1.807) is 6.33 Å². The lowest BCUT2D eigenvalue weighted by atomic mass is 9.81. The Morgan fingerprint density at radius 2 is 1.93 bits per heavy atom. The van der Waals surface area contributed by atoms with Crippen LogP contribution in [0, 0.1) is 0 Å². The summed E-state index contributed by atoms with van der Waals surface area (Å²) in [6.45, 7) is 1.73. The molecule has 27 heavy (non-hydrogen) atoms. The molecule has 2 N–H and O–H groups in total. The Morgan fingerprint density at radius 1 is 1.11 bits per heavy atom. The topological polar surface area (TPSA) is 74.3 Å². The Balaban J connectivity index is 1.35. The number of nitrogens with zero attached hydrogens (tertiary/aromatic N) is 3. The first-order valence-corrected chi connectivity index (χ1v) is 9.66. The minimum atomic E-state index is -0.314. The molecule has 0 radical (unpaired) electrons. The number of rotatable bonds is 2. The Kier molecular flexibility index (Phi) is 4.10. The van der Waals surface area contributed by atoms with Gasteiger partial charge in [0.2, 0.25) is 0 Å². The number of aromatic amines is 1. The molecule has 0 bridgehead atoms. The molecule has 2 atom stereocenters. The van der Waals surface area contributed by atoms with Gasteiger partial charge >= 0.3 is 0 Å². The lowest BCUT2D eigenvalue weighted by Gasteiger charge is -2.48. The lowest BCUT2D eigenvalue weighted by molar-refractivity contribution is -0.173. The van der Waals surface area contributed by atoms with E-state index in [-0.39, 0.29) is 17.8 Å². The third kappa shape index (κ3) is 3.09. The first kappa shape index (κ1) is 16.7. The zero-order valence-corrected chi connectivity index (χ0v) is 15.2. The molecule has 2 aliphatic rings. The van der Waals surface area contributed by atoms with E-state index in [9.17, 15) is 5.11 Å². The van der Waals surface area contributed by atoms with Crippen LogP contribution in [-0.2, 0) is 4.74 Å². The highest BCUT2D eigenvalue weighted by Gasteiger charge is 2.44. The maximum absolute atomic E-state index is 10.5. The first-order valence-electron chi connectivity index (χ1n) is 9.66. The van der Waals surface area contributed by atoms with Crippen LogP contribution in [0.4, 0.5) is 5.82 Å². The van der Waals surface area contributed by atoms with Crippen molar-refractivity contribution in [2.75, 3.05) is 18.0 Å². The molecule has 3 aromatic rings. The van der Waals surface area contributed by atoms with Crippen molar-refractivity contribution in [2.24, 2.45) is 0 Å². The molecule has 1 spiro atoms. The summed E-state index contributed by atoms with van der Waals surface area (Å²) in [5.74, 6) is 0.979. The van der Waals surface area contributed by atoms with E-state index in [0.29, 0.717) is 12.8 Å². The molecule has 2 aliphatic heterocycles. The van der Waals surface area contributed by atoms with Crippen molar-refractivity contribution in [3.8, 4) is 0 Å². The van der Waals surface area contributed by atoms with Crippen molar-refractivity contribution in [3.63, 3.8) is 0 Å². The summed E-state index contributed by atoms with van der Waals surface area (Å²) in [5, 5.41) is 11.6. The predicted molar refractivity (Wildman–Crippen MR) is 104 cm³/mol. The number of aliphatic hydroxyl groups excluding tert-OH is 1. The largest absolute Gasteiger partial charge is 0.393 e. The van der Waals surface area contributed by atoms with Crippen LogP contribution in [0.15, 0.2) is 48.9 Å². The van der Waals surface area contributed by atoms with Crippen molar-refractivity contribution < 1.29 is 9.84 Å². The van der Waals surface area contributed by atoms with E-state index in [4.69, 9.17) is 4.74 Å². The molecule has 5 rings (SSSR count). The van der Waals surface area contributed by atoms with E-state index in [0.717, 1.165) is 48.3 Å². The first-order chi connectivity index (χ1) is 13.2. The normalized spacial score (nSPS) is 25.1. The number of fused-ring (bicyclic) bond motifs is 1. The van der Waals surface area contributed by atoms with Gasteiger partial charge in [0, 0.05) is 32.1 Å². The van der Waals surface area contributed by atoms with Crippen LogP contribution in [0.3, 0.4) is 0 Å². The minimum Gasteiger partial charge on any atom is -0.393 e. The molecule has 1 aromatic carbocycles. The van der Waals surface area contributed by atoms with Crippen LogP contribution in [0.5, 0.6) is 0 Å². The number of anilines is 1. The van der Waals surface area contributed by atoms with Gasteiger partial charge in [0.15, 0.2) is 0 Å². The van der Waals surface area contributed by atoms with Crippen molar-refractivity contribution >= 4 is 16.9 Å². The maximum Gasteiger partial charge on any atom is 0.142 e. The van der Waals surface area contributed by atoms with Gasteiger partial charge in [0.05, 0.1) is 23.2 Å². The monoisotopic (exact) mass is 364 g/mol. The summed E-state index contributed by atoms with van der Waals surface area (Å²) < 4.78 is 6.60. The number of aliphatic hydroxyl groups is 1. The Hall–Kier alpha value is -2.44. The average Bonchev–Trinajstić information content (AvgIpc) is 3.18. The molecule has 0 saturated carbocycles. The van der Waals surface area contributed by atoms with Crippen LogP contribution in [0.25, 0.3) is 11.0 Å². The van der Waals surface area contributed by atoms with Crippen molar-refractivity contribution in [1.29, 1.82) is 0 Å². The highest BCUT2D eigenvalue weighted by atomic mass is 16.5. The zero-order valence-electron chi connectivity index (χ0n) is 15.2. The summed E-state index contributed by atoms with van der Waals surface area (Å²) in [6, 6.07) is 12.3. The van der Waals surface area contributed by atoms with Crippen LogP contribution in [-0.4, -0.2) is 44.9 Å². The molecule has 2 fully saturated rings. The standard InChI is InChI=1S/C21H24N4O2/c26-16-12-18(15-4-2-1-3-5-15)27-21(13-16)7-10-25(11-8-21)20-17-6-9-22-19(17)23-14-24-20/h1-6,9,14,16,18,26H,7-8,10-13H2,(H,22,23,24)/t16-,18-/m1/s1. The predicted octanol–water partition coefficient (Wildman–Crippen LogP) is 3.21. The summed E-state index contributed by atoms with van der Waals surface area (Å²) in [6.07, 6.45) is 6.35. The lowest BCUT2D eigenvalue weighted by Crippen LogP contribution is -2.51. The van der Waals surface area contributed by atoms with Crippen LogP contribution < -0.4 is 4.90 Å². The van der Waals surface area contributed by atoms with Gasteiger partial charge in [-0.3, -0.25) is 0 Å². The fraction of sp³-hybridized carbons (Fsp3) is 0.429. The smallest absolute Gasteiger partial charge is 0.142 e. The third-order valence-electron chi connectivity index (χ3n) is 5.96. The van der Waals surface area contributed by atoms with E-state index in [1.165, 1.54) is 0 Å². The minimum absolute atomic E-state index is 0.0306. The van der Waals surface area contributed by atoms with E-state index >= 15 is 0 Å². The van der Waals surface area contributed by atoms with Gasteiger partial charge in [0.1, 0.15) is 17.8 Å². The summed E-state index contributed by atoms with van der Waals surface area (Å²) >= 11 is 0. The van der Waals surface area contributed by atoms with Crippen molar-refractivity contribution in [3.05, 3.63) is 54.5 Å². The SMILES string of the molecule is O[C@@H]1C[C@H](c2ccccc2)OC2(CCN(c3ncnc4[nH]ccc34)CC2)C1. The van der Waals surface area contributed by atoms with Gasteiger partial charge in [0.25, 0.3) is 0 Å². The second-order valence-electron chi connectivity index (χ2n) is 7.72. The number of benzene rings is 1. The Bertz CT molecular complexity index is 918. The second kappa shape index (κ2) is 6.62. The molecule has 4 heterocycles. The number of nitrogens with one attached hydrogen (secondary N) is 1. The number of ether oxygens (including phenoxy) is 1. The van der Waals surface area contributed by atoms with Crippen LogP contribution in [0.1, 0.15) is 37.4 Å². The molecular weight excluding hydrogens is 340 g/mol. The average molecular weight is 364 g/mol. The van der Waals surface area contributed by atoms with Gasteiger partial charge in [-0.25, -0.2) is 9.97 Å². The van der Waals surface area contributed by atoms with Crippen molar-refractivity contribution in [1.82, 2.24) is 15.0 Å². The number of hydrogen-bond acceptors (Lipinski definition) is 5. The molecular formula is C21H24N4O2. The van der Waals surface area contributed by atoms with Gasteiger partial charge < -0.3 is 19.7 Å². The summed E-state index contributed by atoms with van der Waals surface area (Å²) in [7, 11) is 0.